The molecule has 2 amide bonds. The maximum absolute atomic E-state index is 11.9. The van der Waals surface area contributed by atoms with Crippen molar-refractivity contribution in [1.29, 1.82) is 0 Å². The van der Waals surface area contributed by atoms with E-state index in [-0.39, 0.29) is 24.2 Å². The van der Waals surface area contributed by atoms with E-state index >= 15 is 0 Å². The molecule has 1 saturated carbocycles. The van der Waals surface area contributed by atoms with Gasteiger partial charge in [-0.25, -0.2) is 0 Å². The topological polar surface area (TPSA) is 86.9 Å². The summed E-state index contributed by atoms with van der Waals surface area (Å²) in [6, 6.07) is 5.88. The first-order valence-corrected chi connectivity index (χ1v) is 8.54. The summed E-state index contributed by atoms with van der Waals surface area (Å²) in [6.45, 7) is 4.46. The summed E-state index contributed by atoms with van der Waals surface area (Å²) < 4.78 is 0. The van der Waals surface area contributed by atoms with Gasteiger partial charge in [0.1, 0.15) is 0 Å². The third-order valence-electron chi connectivity index (χ3n) is 3.95. The molecule has 2 aromatic rings. The Kier molecular flexibility index (Phi) is 4.47. The van der Waals surface area contributed by atoms with E-state index in [0.29, 0.717) is 18.3 Å². The third kappa shape index (κ3) is 3.98. The highest BCUT2D eigenvalue weighted by Crippen LogP contribution is 2.37. The van der Waals surface area contributed by atoms with Crippen LogP contribution in [-0.4, -0.2) is 28.6 Å². The molecule has 0 radical (unpaired) electrons. The number of hydrogen-bond acceptors (Lipinski definition) is 4. The molecule has 122 valence electrons. The molecule has 1 fully saturated rings. The molecule has 3 N–H and O–H groups in total. The van der Waals surface area contributed by atoms with Gasteiger partial charge in [-0.3, -0.25) is 14.7 Å². The molecule has 3 rings (SSSR count). The Bertz CT molecular complexity index is 721. The van der Waals surface area contributed by atoms with Crippen molar-refractivity contribution in [1.82, 2.24) is 15.5 Å². The minimum absolute atomic E-state index is 0.0559. The van der Waals surface area contributed by atoms with Gasteiger partial charge < -0.3 is 10.6 Å². The second kappa shape index (κ2) is 6.54. The summed E-state index contributed by atoms with van der Waals surface area (Å²) in [5, 5.41) is 12.6. The predicted octanol–water partition coefficient (Wildman–Crippen LogP) is 2.55. The van der Waals surface area contributed by atoms with E-state index in [1.54, 1.807) is 11.3 Å². The van der Waals surface area contributed by atoms with Crippen LogP contribution in [0, 0.1) is 18.8 Å². The van der Waals surface area contributed by atoms with Crippen LogP contribution in [0.1, 0.15) is 24.6 Å². The van der Waals surface area contributed by atoms with Crippen molar-refractivity contribution in [3.63, 3.8) is 0 Å². The fourth-order valence-electron chi connectivity index (χ4n) is 2.41. The van der Waals surface area contributed by atoms with Gasteiger partial charge in [0.15, 0.2) is 5.82 Å². The quantitative estimate of drug-likeness (QED) is 0.760. The van der Waals surface area contributed by atoms with Crippen molar-refractivity contribution in [2.75, 3.05) is 11.9 Å². The zero-order valence-corrected chi connectivity index (χ0v) is 14.0. The van der Waals surface area contributed by atoms with Gasteiger partial charge in [-0.1, -0.05) is 6.92 Å². The first-order valence-electron chi connectivity index (χ1n) is 7.72. The number of nitrogens with one attached hydrogen (secondary N) is 3. The largest absolute Gasteiger partial charge is 0.355 e. The van der Waals surface area contributed by atoms with E-state index in [1.807, 2.05) is 25.1 Å². The highest BCUT2D eigenvalue weighted by Gasteiger charge is 2.38. The number of H-pyrrole nitrogens is 1. The lowest BCUT2D eigenvalue weighted by Gasteiger charge is -2.04. The van der Waals surface area contributed by atoms with Crippen molar-refractivity contribution in [3.8, 4) is 10.6 Å². The van der Waals surface area contributed by atoms with Crippen LogP contribution in [0.4, 0.5) is 5.82 Å². The fourth-order valence-corrected chi connectivity index (χ4v) is 3.25. The average Bonchev–Trinajstić information content (AvgIpc) is 2.88. The number of aryl methyl sites for hydroxylation is 1. The molecular weight excluding hydrogens is 312 g/mol. The number of carbonyl (C=O) groups excluding carboxylic acids is 2. The Morgan fingerprint density at radius 2 is 2.22 bits per heavy atom. The molecule has 23 heavy (non-hydrogen) atoms. The normalized spacial score (nSPS) is 19.4. The Labute approximate surface area is 138 Å². The van der Waals surface area contributed by atoms with E-state index in [0.717, 1.165) is 17.0 Å². The first kappa shape index (κ1) is 15.7. The number of amides is 2. The Morgan fingerprint density at radius 1 is 1.43 bits per heavy atom. The number of anilines is 1. The lowest BCUT2D eigenvalue weighted by atomic mass is 10.3. The van der Waals surface area contributed by atoms with Gasteiger partial charge in [-0.15, -0.1) is 11.3 Å². The Morgan fingerprint density at radius 3 is 2.87 bits per heavy atom. The van der Waals surface area contributed by atoms with Gasteiger partial charge in [0.2, 0.25) is 11.8 Å². The second-order valence-corrected chi connectivity index (χ2v) is 7.27. The molecule has 2 heterocycles. The summed E-state index contributed by atoms with van der Waals surface area (Å²) in [6.07, 6.45) is 1.20. The molecule has 2 unspecified atom stereocenters. The molecule has 2 aromatic heterocycles. The number of aromatic amines is 1. The molecule has 6 nitrogen and oxygen atoms in total. The van der Waals surface area contributed by atoms with Crippen molar-refractivity contribution in [2.24, 2.45) is 11.8 Å². The highest BCUT2D eigenvalue weighted by atomic mass is 32.1. The average molecular weight is 332 g/mol. The third-order valence-corrected chi connectivity index (χ3v) is 4.98. The summed E-state index contributed by atoms with van der Waals surface area (Å²) in [5.74, 6) is 1.02. The van der Waals surface area contributed by atoms with E-state index in [4.69, 9.17) is 0 Å². The smallest absolute Gasteiger partial charge is 0.227 e. The molecule has 1 aliphatic rings. The van der Waals surface area contributed by atoms with Crippen molar-refractivity contribution < 1.29 is 9.59 Å². The number of rotatable bonds is 6. The summed E-state index contributed by atoms with van der Waals surface area (Å²) in [7, 11) is 0. The predicted molar refractivity (Wildman–Crippen MR) is 90.2 cm³/mol. The van der Waals surface area contributed by atoms with Crippen LogP contribution in [0.15, 0.2) is 18.2 Å². The van der Waals surface area contributed by atoms with Crippen molar-refractivity contribution >= 4 is 29.0 Å². The van der Waals surface area contributed by atoms with E-state index in [9.17, 15) is 9.59 Å². The van der Waals surface area contributed by atoms with Crippen LogP contribution in [-0.2, 0) is 9.59 Å². The standard InChI is InChI=1S/C16H20N4O2S/c1-9-7-11(9)16(22)17-6-5-15(21)18-14-8-12(19-20-14)13-4-3-10(2)23-13/h3-4,8-9,11H,5-7H2,1-2H3,(H,17,22)(H2,18,19,20,21). The SMILES string of the molecule is Cc1ccc(-c2cc(NC(=O)CCNC(=O)C3CC3C)n[nH]2)s1. The van der Waals surface area contributed by atoms with Crippen LogP contribution in [0.5, 0.6) is 0 Å². The Hall–Kier alpha value is -2.15. The summed E-state index contributed by atoms with van der Waals surface area (Å²) in [5.41, 5.74) is 0.884. The number of nitrogens with zero attached hydrogens (tertiary/aromatic N) is 1. The zero-order valence-electron chi connectivity index (χ0n) is 13.2. The molecule has 0 saturated heterocycles. The number of aromatic nitrogens is 2. The molecule has 0 aliphatic heterocycles. The summed E-state index contributed by atoms with van der Waals surface area (Å²) in [4.78, 5) is 25.8. The molecule has 0 aromatic carbocycles. The molecule has 2 atom stereocenters. The van der Waals surface area contributed by atoms with Crippen LogP contribution >= 0.6 is 11.3 Å². The number of thiophene rings is 1. The lowest BCUT2D eigenvalue weighted by Crippen LogP contribution is -2.29. The minimum atomic E-state index is -0.158. The molecule has 0 spiro atoms. The van der Waals surface area contributed by atoms with E-state index in [2.05, 4.69) is 27.8 Å². The zero-order chi connectivity index (χ0) is 16.4. The van der Waals surface area contributed by atoms with Crippen molar-refractivity contribution in [3.05, 3.63) is 23.1 Å². The van der Waals surface area contributed by atoms with Gasteiger partial charge in [-0.05, 0) is 31.4 Å². The van der Waals surface area contributed by atoms with Crippen LogP contribution in [0.25, 0.3) is 10.6 Å². The van der Waals surface area contributed by atoms with Gasteiger partial charge in [-0.2, -0.15) is 5.10 Å². The second-order valence-electron chi connectivity index (χ2n) is 5.99. The number of carbonyl (C=O) groups is 2. The van der Waals surface area contributed by atoms with Crippen molar-refractivity contribution in [2.45, 2.75) is 26.7 Å². The van der Waals surface area contributed by atoms with E-state index < -0.39 is 0 Å². The highest BCUT2D eigenvalue weighted by molar-refractivity contribution is 7.15. The van der Waals surface area contributed by atoms with Gasteiger partial charge in [0, 0.05) is 29.8 Å². The maximum Gasteiger partial charge on any atom is 0.227 e. The van der Waals surface area contributed by atoms with Gasteiger partial charge in [0.05, 0.1) is 10.6 Å². The monoisotopic (exact) mass is 332 g/mol. The van der Waals surface area contributed by atoms with Gasteiger partial charge in [0.25, 0.3) is 0 Å². The molecule has 0 bridgehead atoms. The van der Waals surface area contributed by atoms with Crippen LogP contribution in [0.2, 0.25) is 0 Å². The summed E-state index contributed by atoms with van der Waals surface area (Å²) >= 11 is 1.67. The lowest BCUT2D eigenvalue weighted by molar-refractivity contribution is -0.122. The molecule has 1 aliphatic carbocycles. The molecular formula is C16H20N4O2S. The molecule has 7 heteroatoms. The van der Waals surface area contributed by atoms with Crippen LogP contribution in [0.3, 0.4) is 0 Å². The Balaban J connectivity index is 1.45. The van der Waals surface area contributed by atoms with Crippen LogP contribution < -0.4 is 10.6 Å². The minimum Gasteiger partial charge on any atom is -0.355 e. The first-order chi connectivity index (χ1) is 11.0. The van der Waals surface area contributed by atoms with Gasteiger partial charge >= 0.3 is 0 Å². The number of hydrogen-bond donors (Lipinski definition) is 3. The van der Waals surface area contributed by atoms with E-state index in [1.165, 1.54) is 4.88 Å². The maximum atomic E-state index is 11.9. The fraction of sp³-hybridized carbons (Fsp3) is 0.438.